The van der Waals surface area contributed by atoms with E-state index in [4.69, 9.17) is 9.84 Å². The Morgan fingerprint density at radius 3 is 2.23 bits per heavy atom. The minimum Gasteiger partial charge on any atom is -0.430 e. The fourth-order valence-electron chi connectivity index (χ4n) is 3.20. The lowest BCUT2D eigenvalue weighted by atomic mass is 9.75. The highest BCUT2D eigenvalue weighted by molar-refractivity contribution is 5.85. The average Bonchev–Trinajstić information content (AvgIpc) is 2.58. The molecule has 152 valence electrons. The molecule has 0 aromatic heterocycles. The predicted octanol–water partition coefficient (Wildman–Crippen LogP) is -0.437. The van der Waals surface area contributed by atoms with Crippen LogP contribution in [0.5, 0.6) is 0 Å². The Bertz CT molecular complexity index is 467. The maximum atomic E-state index is 11.9. The van der Waals surface area contributed by atoms with Gasteiger partial charge in [-0.05, 0) is 30.6 Å². The van der Waals surface area contributed by atoms with Crippen molar-refractivity contribution in [2.45, 2.75) is 70.6 Å². The largest absolute Gasteiger partial charge is 0.516 e. The summed E-state index contributed by atoms with van der Waals surface area (Å²) in [5.74, 6) is -0.748. The van der Waals surface area contributed by atoms with E-state index in [-0.39, 0.29) is 11.8 Å². The van der Waals surface area contributed by atoms with Crippen molar-refractivity contribution in [1.82, 2.24) is 0 Å². The molecular weight excluding hydrogens is 348 g/mol. The van der Waals surface area contributed by atoms with E-state index in [0.29, 0.717) is 12.3 Å². The van der Waals surface area contributed by atoms with Crippen LogP contribution in [0, 0.1) is 17.8 Å². The quantitative estimate of drug-likeness (QED) is 0.293. The summed E-state index contributed by atoms with van der Waals surface area (Å²) >= 11 is 0. The number of hydrogen-bond acceptors (Lipinski definition) is 9. The number of ether oxygens (including phenoxy) is 2. The summed E-state index contributed by atoms with van der Waals surface area (Å²) in [7, 11) is 0. The van der Waals surface area contributed by atoms with Crippen molar-refractivity contribution in [2.24, 2.45) is 17.8 Å². The van der Waals surface area contributed by atoms with E-state index in [9.17, 15) is 30.0 Å². The Balaban J connectivity index is 2.61. The van der Waals surface area contributed by atoms with Crippen LogP contribution in [-0.4, -0.2) is 74.8 Å². The molecule has 0 saturated heterocycles. The zero-order chi connectivity index (χ0) is 20.0. The average molecular weight is 378 g/mol. The number of rotatable bonds is 7. The molecule has 0 radical (unpaired) electrons. The van der Waals surface area contributed by atoms with Crippen LogP contribution in [0.15, 0.2) is 0 Å². The molecule has 5 N–H and O–H groups in total. The van der Waals surface area contributed by atoms with Crippen molar-refractivity contribution in [3.63, 3.8) is 0 Å². The fraction of sp³-hybridized carbons (Fsp3) is 0.882. The van der Waals surface area contributed by atoms with Gasteiger partial charge >= 0.3 is 12.1 Å². The molecule has 1 aliphatic rings. The van der Waals surface area contributed by atoms with E-state index in [1.54, 1.807) is 0 Å². The summed E-state index contributed by atoms with van der Waals surface area (Å²) in [6, 6.07) is 0. The molecule has 0 unspecified atom stereocenters. The van der Waals surface area contributed by atoms with Crippen molar-refractivity contribution in [3.05, 3.63) is 0 Å². The first kappa shape index (κ1) is 22.8. The summed E-state index contributed by atoms with van der Waals surface area (Å²) < 4.78 is 9.64. The molecule has 1 aliphatic carbocycles. The summed E-state index contributed by atoms with van der Waals surface area (Å²) in [5.41, 5.74) is 0. The third-order valence-electron chi connectivity index (χ3n) is 4.89. The molecule has 1 saturated carbocycles. The number of aliphatic hydroxyl groups is 5. The molecule has 9 nitrogen and oxygen atoms in total. The summed E-state index contributed by atoms with van der Waals surface area (Å²) in [4.78, 5) is 23.6. The Morgan fingerprint density at radius 1 is 1.08 bits per heavy atom. The minimum atomic E-state index is -2.29. The predicted molar refractivity (Wildman–Crippen MR) is 88.8 cm³/mol. The lowest BCUT2D eigenvalue weighted by Gasteiger charge is -2.36. The van der Waals surface area contributed by atoms with Gasteiger partial charge in [-0.2, -0.15) is 0 Å². The van der Waals surface area contributed by atoms with E-state index >= 15 is 0 Å². The molecule has 0 heterocycles. The van der Waals surface area contributed by atoms with Gasteiger partial charge in [-0.1, -0.05) is 27.2 Å². The van der Waals surface area contributed by atoms with Gasteiger partial charge in [-0.15, -0.1) is 0 Å². The molecule has 7 atom stereocenters. The first-order valence-corrected chi connectivity index (χ1v) is 8.83. The van der Waals surface area contributed by atoms with Crippen LogP contribution >= 0.6 is 0 Å². The van der Waals surface area contributed by atoms with Gasteiger partial charge in [0, 0.05) is 0 Å². The summed E-state index contributed by atoms with van der Waals surface area (Å²) in [5, 5.41) is 46.7. The van der Waals surface area contributed by atoms with Gasteiger partial charge in [0.15, 0.2) is 6.10 Å². The van der Waals surface area contributed by atoms with Crippen LogP contribution in [0.2, 0.25) is 0 Å². The van der Waals surface area contributed by atoms with Gasteiger partial charge in [0.05, 0.1) is 6.61 Å². The van der Waals surface area contributed by atoms with Gasteiger partial charge in [0.2, 0.25) is 0 Å². The van der Waals surface area contributed by atoms with Crippen molar-refractivity contribution in [3.8, 4) is 0 Å². The van der Waals surface area contributed by atoms with Crippen LogP contribution in [-0.2, 0) is 14.3 Å². The fourth-order valence-corrected chi connectivity index (χ4v) is 3.20. The number of aliphatic hydroxyl groups excluding tert-OH is 5. The molecule has 0 aliphatic heterocycles. The van der Waals surface area contributed by atoms with Crippen molar-refractivity contribution < 1.29 is 44.6 Å². The number of esters is 1. The molecule has 0 aromatic carbocycles. The van der Waals surface area contributed by atoms with Crippen LogP contribution < -0.4 is 0 Å². The second-order valence-corrected chi connectivity index (χ2v) is 7.33. The van der Waals surface area contributed by atoms with Gasteiger partial charge in [0.1, 0.15) is 24.4 Å². The van der Waals surface area contributed by atoms with E-state index in [1.165, 1.54) is 0 Å². The Morgan fingerprint density at radius 2 is 1.69 bits per heavy atom. The molecular formula is C17H30O9. The van der Waals surface area contributed by atoms with Crippen LogP contribution in [0.3, 0.4) is 0 Å². The van der Waals surface area contributed by atoms with Gasteiger partial charge in [-0.25, -0.2) is 9.59 Å². The summed E-state index contributed by atoms with van der Waals surface area (Å²) in [6.07, 6.45) is -7.35. The molecule has 0 bridgehead atoms. The lowest BCUT2D eigenvalue weighted by Crippen LogP contribution is -2.49. The van der Waals surface area contributed by atoms with E-state index in [0.717, 1.165) is 12.8 Å². The molecule has 1 fully saturated rings. The van der Waals surface area contributed by atoms with Gasteiger partial charge < -0.3 is 35.0 Å². The van der Waals surface area contributed by atoms with E-state index in [1.807, 2.05) is 20.8 Å². The number of carbonyl (C=O) groups excluding carboxylic acids is 2. The molecule has 0 spiro atoms. The zero-order valence-electron chi connectivity index (χ0n) is 15.3. The SMILES string of the molecule is CC(C)[C@@H]1CC[C@@H](C)C[C@H]1OC(=O)OC(=O)[C@H](O)[C@@H](O)[C@H](O)[C@H](O)CO. The number of hydrogen-bond donors (Lipinski definition) is 5. The summed E-state index contributed by atoms with van der Waals surface area (Å²) in [6.45, 7) is 5.18. The Labute approximate surface area is 152 Å². The molecule has 1 rings (SSSR count). The first-order valence-electron chi connectivity index (χ1n) is 8.83. The lowest BCUT2D eigenvalue weighted by molar-refractivity contribution is -0.167. The normalized spacial score (nSPS) is 28.1. The molecule has 0 aromatic rings. The Kier molecular flexibility index (Phi) is 8.91. The first-order chi connectivity index (χ1) is 12.1. The highest BCUT2D eigenvalue weighted by Gasteiger charge is 2.38. The maximum Gasteiger partial charge on any atom is 0.516 e. The monoisotopic (exact) mass is 378 g/mol. The maximum absolute atomic E-state index is 11.9. The second kappa shape index (κ2) is 10.2. The van der Waals surface area contributed by atoms with E-state index < -0.39 is 49.3 Å². The van der Waals surface area contributed by atoms with Gasteiger partial charge in [-0.3, -0.25) is 0 Å². The highest BCUT2D eigenvalue weighted by atomic mass is 16.7. The van der Waals surface area contributed by atoms with Crippen LogP contribution in [0.25, 0.3) is 0 Å². The molecule has 9 heteroatoms. The third-order valence-corrected chi connectivity index (χ3v) is 4.89. The second-order valence-electron chi connectivity index (χ2n) is 7.33. The smallest absolute Gasteiger partial charge is 0.430 e. The van der Waals surface area contributed by atoms with Crippen molar-refractivity contribution in [2.75, 3.05) is 6.61 Å². The minimum absolute atomic E-state index is 0.130. The van der Waals surface area contributed by atoms with Crippen molar-refractivity contribution in [1.29, 1.82) is 0 Å². The molecule has 0 amide bonds. The molecule has 26 heavy (non-hydrogen) atoms. The Hall–Kier alpha value is -1.26. The van der Waals surface area contributed by atoms with Crippen LogP contribution in [0.1, 0.15) is 40.0 Å². The zero-order valence-corrected chi connectivity index (χ0v) is 15.3. The highest BCUT2D eigenvalue weighted by Crippen LogP contribution is 2.35. The van der Waals surface area contributed by atoms with Crippen molar-refractivity contribution >= 4 is 12.1 Å². The standard InChI is InChI=1S/C17H30O9/c1-8(2)10-5-4-9(3)6-12(10)25-17(24)26-16(23)15(22)14(21)13(20)11(19)7-18/h8-15,18-22H,4-7H2,1-3H3/t9-,10+,11-,12-,13-,14+,15-/m1/s1. The van der Waals surface area contributed by atoms with Crippen LogP contribution in [0.4, 0.5) is 4.79 Å². The third kappa shape index (κ3) is 6.17. The van der Waals surface area contributed by atoms with E-state index in [2.05, 4.69) is 4.74 Å². The number of carbonyl (C=O) groups is 2. The van der Waals surface area contributed by atoms with Gasteiger partial charge in [0.25, 0.3) is 0 Å². The topological polar surface area (TPSA) is 154 Å².